The molecule has 7 N–H and O–H groups in total. The van der Waals surface area contributed by atoms with Crippen molar-refractivity contribution < 1.29 is 60.6 Å². The second-order valence-corrected chi connectivity index (χ2v) is 10.7. The molecule has 3 unspecified atom stereocenters. The first-order chi connectivity index (χ1) is 14.5. The summed E-state index contributed by atoms with van der Waals surface area (Å²) >= 11 is 0. The largest absolute Gasteiger partial charge is 0.490 e. The highest BCUT2D eigenvalue weighted by Crippen LogP contribution is 2.66. The zero-order chi connectivity index (χ0) is 24.5. The van der Waals surface area contributed by atoms with Gasteiger partial charge in [0.25, 0.3) is 0 Å². The molecule has 0 aromatic carbocycles. The van der Waals surface area contributed by atoms with Gasteiger partial charge >= 0.3 is 29.2 Å². The first-order valence-electron chi connectivity index (χ1n) is 8.06. The molecular formula is C12H17FN3O13P3. The van der Waals surface area contributed by atoms with Crippen molar-refractivity contribution in [3.8, 4) is 12.3 Å². The summed E-state index contributed by atoms with van der Waals surface area (Å²) in [5, 5.41) is 10.5. The molecule has 0 amide bonds. The zero-order valence-electron chi connectivity index (χ0n) is 15.6. The average Bonchev–Trinajstić information content (AvgIpc) is 2.89. The van der Waals surface area contributed by atoms with Crippen LogP contribution < -0.4 is 11.4 Å². The lowest BCUT2D eigenvalue weighted by molar-refractivity contribution is -0.135. The number of anilines is 1. The summed E-state index contributed by atoms with van der Waals surface area (Å²) in [6, 6.07) is 1.17. The van der Waals surface area contributed by atoms with E-state index in [0.29, 0.717) is 0 Å². The first-order valence-corrected chi connectivity index (χ1v) is 12.6. The van der Waals surface area contributed by atoms with E-state index < -0.39 is 66.3 Å². The summed E-state index contributed by atoms with van der Waals surface area (Å²) in [6.07, 6.45) is 2.94. The molecule has 1 aliphatic rings. The molecule has 16 nitrogen and oxygen atoms in total. The fraction of sp³-hybridized carbons (Fsp3) is 0.500. The van der Waals surface area contributed by atoms with Crippen molar-refractivity contribution in [2.24, 2.45) is 5.92 Å². The molecule has 0 bridgehead atoms. The Kier molecular flexibility index (Phi) is 7.85. The fourth-order valence-electron chi connectivity index (χ4n) is 2.65. The Morgan fingerprint density at radius 3 is 2.41 bits per heavy atom. The van der Waals surface area contributed by atoms with Gasteiger partial charge in [-0.3, -0.25) is 9.09 Å². The van der Waals surface area contributed by atoms with Crippen molar-refractivity contribution in [3.63, 3.8) is 0 Å². The third-order valence-corrected chi connectivity index (χ3v) is 7.76. The number of nitrogen functional groups attached to an aromatic ring is 1. The quantitative estimate of drug-likeness (QED) is 0.168. The summed E-state index contributed by atoms with van der Waals surface area (Å²) in [5.74, 6) is 0.519. The topological polar surface area (TPSA) is 250 Å². The van der Waals surface area contributed by atoms with Crippen molar-refractivity contribution in [1.29, 1.82) is 0 Å². The summed E-state index contributed by atoms with van der Waals surface area (Å²) in [7, 11) is -17.1. The Labute approximate surface area is 178 Å². The highest BCUT2D eigenvalue weighted by atomic mass is 31.3. The van der Waals surface area contributed by atoms with Crippen LogP contribution in [-0.4, -0.2) is 59.2 Å². The number of rotatable bonds is 9. The normalized spacial score (nSPS) is 29.7. The molecule has 2 rings (SSSR count). The minimum atomic E-state index is -5.83. The summed E-state index contributed by atoms with van der Waals surface area (Å²) in [4.78, 5) is 51.2. The Morgan fingerprint density at radius 2 is 1.91 bits per heavy atom. The van der Waals surface area contributed by atoms with Crippen molar-refractivity contribution >= 4 is 29.3 Å². The van der Waals surface area contributed by atoms with Crippen LogP contribution in [0.5, 0.6) is 0 Å². The van der Waals surface area contributed by atoms with E-state index >= 15 is 0 Å². The smallest absolute Gasteiger partial charge is 0.388 e. The number of halogens is 1. The Morgan fingerprint density at radius 1 is 1.28 bits per heavy atom. The maximum atomic E-state index is 13.9. The minimum Gasteiger partial charge on any atom is -0.388 e. The molecule has 1 aromatic rings. The molecule has 180 valence electrons. The Bertz CT molecular complexity index is 1100. The molecule has 1 aromatic heterocycles. The number of phosphoric ester groups is 1. The van der Waals surface area contributed by atoms with E-state index in [1.807, 2.05) is 0 Å². The third-order valence-electron chi connectivity index (χ3n) is 3.97. The highest BCUT2D eigenvalue weighted by molar-refractivity contribution is 7.66. The van der Waals surface area contributed by atoms with E-state index in [-0.39, 0.29) is 5.82 Å². The molecule has 0 radical (unpaired) electrons. The molecule has 32 heavy (non-hydrogen) atoms. The molecule has 1 saturated heterocycles. The molecular weight excluding hydrogens is 506 g/mol. The second-order valence-electron chi connectivity index (χ2n) is 6.25. The van der Waals surface area contributed by atoms with Crippen molar-refractivity contribution in [3.05, 3.63) is 22.7 Å². The number of phosphoric acid groups is 3. The summed E-state index contributed by atoms with van der Waals surface area (Å²) < 4.78 is 65.3. The van der Waals surface area contributed by atoms with Crippen LogP contribution >= 0.6 is 23.5 Å². The molecule has 1 fully saturated rings. The zero-order valence-corrected chi connectivity index (χ0v) is 18.3. The maximum absolute atomic E-state index is 13.9. The van der Waals surface area contributed by atoms with Crippen LogP contribution in [0.4, 0.5) is 10.2 Å². The van der Waals surface area contributed by atoms with Crippen LogP contribution in [0.2, 0.25) is 0 Å². The summed E-state index contributed by atoms with van der Waals surface area (Å²) in [5.41, 5.74) is 1.91. The van der Waals surface area contributed by atoms with Gasteiger partial charge in [0.15, 0.2) is 6.23 Å². The average molecular weight is 523 g/mol. The van der Waals surface area contributed by atoms with Gasteiger partial charge in [-0.05, 0) is 6.07 Å². The van der Waals surface area contributed by atoms with E-state index in [1.54, 1.807) is 0 Å². The number of aliphatic hydroxyl groups excluding tert-OH is 1. The van der Waals surface area contributed by atoms with Gasteiger partial charge in [-0.2, -0.15) is 13.6 Å². The van der Waals surface area contributed by atoms with Crippen LogP contribution in [0.15, 0.2) is 17.1 Å². The number of aromatic nitrogens is 2. The number of terminal acetylenes is 1. The maximum Gasteiger partial charge on any atom is 0.490 e. The number of hydrogen-bond acceptors (Lipinski definition) is 11. The van der Waals surface area contributed by atoms with Crippen LogP contribution in [0.25, 0.3) is 0 Å². The van der Waals surface area contributed by atoms with Crippen LogP contribution in [-0.2, 0) is 31.6 Å². The second kappa shape index (κ2) is 9.40. The number of nitrogens with zero attached hydrogens (tertiary/aromatic N) is 2. The van der Waals surface area contributed by atoms with Gasteiger partial charge in [0.2, 0.25) is 0 Å². The Hall–Kier alpha value is -1.50. The van der Waals surface area contributed by atoms with Gasteiger partial charge in [0.1, 0.15) is 24.2 Å². The number of alkyl halides is 1. The molecule has 2 heterocycles. The fourth-order valence-corrected chi connectivity index (χ4v) is 5.73. The van der Waals surface area contributed by atoms with Crippen LogP contribution in [0.3, 0.4) is 0 Å². The van der Waals surface area contributed by atoms with Gasteiger partial charge in [-0.1, -0.05) is 5.92 Å². The molecule has 0 spiro atoms. The molecule has 0 saturated carbocycles. The van der Waals surface area contributed by atoms with Gasteiger partial charge in [-0.15, -0.1) is 6.42 Å². The van der Waals surface area contributed by atoms with E-state index in [2.05, 4.69) is 24.0 Å². The minimum absolute atomic E-state index is 0.161. The lowest BCUT2D eigenvalue weighted by Crippen LogP contribution is -2.47. The van der Waals surface area contributed by atoms with E-state index in [1.165, 1.54) is 6.07 Å². The van der Waals surface area contributed by atoms with E-state index in [4.69, 9.17) is 31.6 Å². The van der Waals surface area contributed by atoms with Crippen molar-refractivity contribution in [2.45, 2.75) is 17.9 Å². The molecule has 0 aliphatic carbocycles. The molecule has 6 atom stereocenters. The highest BCUT2D eigenvalue weighted by Gasteiger charge is 2.57. The van der Waals surface area contributed by atoms with Crippen molar-refractivity contribution in [1.82, 2.24) is 9.55 Å². The van der Waals surface area contributed by atoms with Gasteiger partial charge < -0.3 is 35.2 Å². The monoisotopic (exact) mass is 523 g/mol. The number of hydrogen-bond donors (Lipinski definition) is 6. The third kappa shape index (κ3) is 6.30. The number of ether oxygens (including phenoxy) is 1. The predicted molar refractivity (Wildman–Crippen MR) is 99.9 cm³/mol. The lowest BCUT2D eigenvalue weighted by atomic mass is 9.91. The summed E-state index contributed by atoms with van der Waals surface area (Å²) in [6.45, 7) is -2.93. The predicted octanol–water partition coefficient (Wildman–Crippen LogP) is -0.984. The standard InChI is InChI=1S/C12H17FN3O13P3/c1-2-7-9(17)12(5-13,27-10(7)16-4-3-8(14)15-11(16)18)6-26-31(22,23)29-32(24,25)28-30(19,20)21/h1,3-4,7,9-10,17H,5-6H2,(H,22,23)(H,24,25)(H2,14,15,18)(H2,19,20,21)/t7-,9-,10?,12+/m0/s1. The van der Waals surface area contributed by atoms with Crippen LogP contribution in [0, 0.1) is 18.3 Å². The van der Waals surface area contributed by atoms with Gasteiger partial charge in [-0.25, -0.2) is 22.9 Å². The van der Waals surface area contributed by atoms with Gasteiger partial charge in [0, 0.05) is 6.20 Å². The molecule has 20 heteroatoms. The van der Waals surface area contributed by atoms with E-state index in [0.717, 1.165) is 10.8 Å². The first kappa shape index (κ1) is 26.7. The Balaban J connectivity index is 2.26. The number of nitrogens with two attached hydrogens (primary N) is 1. The lowest BCUT2D eigenvalue weighted by Gasteiger charge is -2.29. The van der Waals surface area contributed by atoms with Crippen molar-refractivity contribution in [2.75, 3.05) is 19.0 Å². The van der Waals surface area contributed by atoms with Gasteiger partial charge in [0.05, 0.1) is 12.5 Å². The number of aliphatic hydroxyl groups is 1. The molecule has 1 aliphatic heterocycles. The SMILES string of the molecule is C#C[C@@H]1C(n2ccc(N)nc2=O)O[C@](CF)(COP(=O)(O)OP(=O)(O)OP(=O)(O)O)[C@H]1O. The van der Waals surface area contributed by atoms with Crippen LogP contribution in [0.1, 0.15) is 6.23 Å². The van der Waals surface area contributed by atoms with E-state index in [9.17, 15) is 32.9 Å².